The highest BCUT2D eigenvalue weighted by Crippen LogP contribution is 2.63. The predicted octanol–water partition coefficient (Wildman–Crippen LogP) is 14.5. The van der Waals surface area contributed by atoms with Crippen LogP contribution >= 0.6 is 11.8 Å². The Labute approximate surface area is 360 Å². The van der Waals surface area contributed by atoms with Gasteiger partial charge in [0.05, 0.1) is 28.0 Å². The Hall–Kier alpha value is -6.75. The van der Waals surface area contributed by atoms with E-state index in [1.165, 1.54) is 76.6 Å². The highest BCUT2D eigenvalue weighted by molar-refractivity contribution is 7.99. The largest absolute Gasteiger partial charge is 0.279 e. The van der Waals surface area contributed by atoms with Crippen molar-refractivity contribution in [3.05, 3.63) is 220 Å². The Morgan fingerprint density at radius 2 is 0.967 bits per heavy atom. The normalized spacial score (nSPS) is 16.2. The fraction of sp³-hybridized carbons (Fsp3) is 0.123. The second-order valence-corrected chi connectivity index (χ2v) is 19.2. The maximum Gasteiger partial charge on any atom is 0.235 e. The molecule has 0 saturated heterocycles. The van der Waals surface area contributed by atoms with Crippen LogP contribution in [0.1, 0.15) is 72.2 Å². The summed E-state index contributed by atoms with van der Waals surface area (Å²) in [5.41, 5.74) is 20.1. The van der Waals surface area contributed by atoms with Crippen molar-refractivity contribution in [1.82, 2.24) is 9.97 Å². The van der Waals surface area contributed by atoms with Crippen LogP contribution in [0.4, 0.5) is 17.3 Å². The van der Waals surface area contributed by atoms with Crippen molar-refractivity contribution < 1.29 is 0 Å². The molecular formula is C57H41N3S. The molecule has 0 fully saturated rings. The second-order valence-electron chi connectivity index (χ2n) is 18.1. The number of fused-ring (bicyclic) bond motifs is 15. The maximum atomic E-state index is 5.68. The molecule has 13 rings (SSSR count). The smallest absolute Gasteiger partial charge is 0.235 e. The van der Waals surface area contributed by atoms with Crippen molar-refractivity contribution in [3.63, 3.8) is 0 Å². The van der Waals surface area contributed by atoms with Crippen LogP contribution in [0.2, 0.25) is 0 Å². The van der Waals surface area contributed by atoms with Crippen LogP contribution in [0.15, 0.2) is 186 Å². The number of nitrogens with zero attached hydrogens (tertiary/aromatic N) is 3. The minimum atomic E-state index is -0.393. The molecule has 4 heteroatoms. The van der Waals surface area contributed by atoms with Gasteiger partial charge in [0.15, 0.2) is 0 Å². The monoisotopic (exact) mass is 799 g/mol. The zero-order valence-electron chi connectivity index (χ0n) is 34.5. The number of anilines is 3. The van der Waals surface area contributed by atoms with Crippen molar-refractivity contribution >= 4 is 40.0 Å². The highest BCUT2D eigenvalue weighted by atomic mass is 32.2. The van der Waals surface area contributed by atoms with Crippen LogP contribution in [0.25, 0.3) is 44.4 Å². The van der Waals surface area contributed by atoms with Gasteiger partial charge in [-0.15, -0.1) is 0 Å². The van der Waals surface area contributed by atoms with Gasteiger partial charge in [0.1, 0.15) is 0 Å². The topological polar surface area (TPSA) is 29.0 Å². The van der Waals surface area contributed by atoms with Crippen molar-refractivity contribution in [3.8, 4) is 33.5 Å². The first-order chi connectivity index (χ1) is 29.8. The molecule has 3 nitrogen and oxygen atoms in total. The third-order valence-electron chi connectivity index (χ3n) is 14.3. The van der Waals surface area contributed by atoms with E-state index in [1.54, 1.807) is 0 Å². The summed E-state index contributed by atoms with van der Waals surface area (Å²) in [6, 6.07) is 65.3. The third kappa shape index (κ3) is 4.50. The van der Waals surface area contributed by atoms with Crippen LogP contribution < -0.4 is 4.90 Å². The summed E-state index contributed by atoms with van der Waals surface area (Å²) in [6.07, 6.45) is 0. The molecule has 0 bridgehead atoms. The summed E-state index contributed by atoms with van der Waals surface area (Å²) in [5, 5.41) is 1.04. The zero-order valence-corrected chi connectivity index (χ0v) is 35.3. The summed E-state index contributed by atoms with van der Waals surface area (Å²) in [5.74, 6) is 0.676. The van der Waals surface area contributed by atoms with Gasteiger partial charge in [-0.05, 0) is 103 Å². The van der Waals surface area contributed by atoms with E-state index in [0.29, 0.717) is 5.95 Å². The molecule has 2 aliphatic carbocycles. The fourth-order valence-electron chi connectivity index (χ4n) is 11.5. The van der Waals surface area contributed by atoms with Gasteiger partial charge in [-0.2, -0.15) is 0 Å². The average molecular weight is 800 g/mol. The Morgan fingerprint density at radius 3 is 1.69 bits per heavy atom. The van der Waals surface area contributed by atoms with Crippen molar-refractivity contribution in [2.75, 3.05) is 4.90 Å². The molecule has 3 heterocycles. The van der Waals surface area contributed by atoms with E-state index in [1.807, 2.05) is 11.8 Å². The van der Waals surface area contributed by atoms with Gasteiger partial charge in [-0.1, -0.05) is 179 Å². The van der Waals surface area contributed by atoms with E-state index >= 15 is 0 Å². The second kappa shape index (κ2) is 12.2. The molecule has 2 aliphatic heterocycles. The summed E-state index contributed by atoms with van der Waals surface area (Å²) in [6.45, 7) is 9.47. The van der Waals surface area contributed by atoms with Gasteiger partial charge in [-0.3, -0.25) is 4.90 Å². The molecular weight excluding hydrogens is 759 g/mol. The van der Waals surface area contributed by atoms with Crippen LogP contribution in [0.3, 0.4) is 0 Å². The molecule has 1 aromatic heterocycles. The molecule has 0 N–H and O–H groups in total. The van der Waals surface area contributed by atoms with Crippen molar-refractivity contribution in [2.45, 2.75) is 53.7 Å². The Kier molecular flexibility index (Phi) is 7.00. The minimum absolute atomic E-state index is 0.188. The van der Waals surface area contributed by atoms with Gasteiger partial charge in [0.2, 0.25) is 5.95 Å². The number of benzene rings is 8. The van der Waals surface area contributed by atoms with Crippen LogP contribution in [0.5, 0.6) is 0 Å². The lowest BCUT2D eigenvalue weighted by atomic mass is 9.70. The van der Waals surface area contributed by atoms with Crippen LogP contribution in [0, 0.1) is 0 Å². The third-order valence-corrected chi connectivity index (χ3v) is 15.5. The van der Waals surface area contributed by atoms with E-state index < -0.39 is 5.41 Å². The van der Waals surface area contributed by atoms with Crippen LogP contribution in [-0.4, -0.2) is 9.97 Å². The van der Waals surface area contributed by atoms with E-state index in [2.05, 4.69) is 209 Å². The first kappa shape index (κ1) is 35.0. The average Bonchev–Trinajstić information content (AvgIpc) is 3.76. The number of aromatic nitrogens is 2. The van der Waals surface area contributed by atoms with Gasteiger partial charge in [0, 0.05) is 31.6 Å². The summed E-state index contributed by atoms with van der Waals surface area (Å²) in [7, 11) is 0. The van der Waals surface area contributed by atoms with E-state index in [0.717, 1.165) is 33.5 Å². The zero-order chi connectivity index (χ0) is 40.8. The summed E-state index contributed by atoms with van der Waals surface area (Å²) in [4.78, 5) is 16.1. The van der Waals surface area contributed by atoms with Gasteiger partial charge in [0.25, 0.3) is 0 Å². The molecule has 0 atom stereocenters. The minimum Gasteiger partial charge on any atom is -0.279 e. The standard InChI is InChI=1S/C57H41N3S/c1-55(2)44-24-12-15-27-49(44)60(50-32-47-52(33-46(50)55)61-51-28-16-13-25-45(51)56(47,3)4)54-58-48-26-14-8-20-38(48)53(59-54)34-29-30-43-39(31-34)37-19-7-11-23-42(37)57(43)40-21-9-5-17-35(40)36-18-6-10-22-41(36)57/h5-33H,1-4H3. The quantitative estimate of drug-likeness (QED) is 0.174. The molecule has 8 aromatic carbocycles. The number of rotatable bonds is 2. The van der Waals surface area contributed by atoms with Crippen molar-refractivity contribution in [1.29, 1.82) is 0 Å². The highest BCUT2D eigenvalue weighted by Gasteiger charge is 2.51. The summed E-state index contributed by atoms with van der Waals surface area (Å²) < 4.78 is 0. The molecule has 61 heavy (non-hydrogen) atoms. The molecule has 0 amide bonds. The lowest BCUT2D eigenvalue weighted by molar-refractivity contribution is 0.595. The first-order valence-electron chi connectivity index (χ1n) is 21.3. The Bertz CT molecular complexity index is 3330. The molecule has 0 radical (unpaired) electrons. The molecule has 4 aliphatic rings. The van der Waals surface area contributed by atoms with Gasteiger partial charge in [-0.25, -0.2) is 9.97 Å². The molecule has 0 saturated carbocycles. The predicted molar refractivity (Wildman–Crippen MR) is 251 cm³/mol. The van der Waals surface area contributed by atoms with E-state index in [9.17, 15) is 0 Å². The lowest BCUT2D eigenvalue weighted by Gasteiger charge is -2.43. The SMILES string of the molecule is CC1(C)c2ccccc2Sc2cc3c(cc21)N(c1nc(-c2ccc4c(c2)-c2ccccc2C42c4ccccc4-c4ccccc42)c2ccccc2n1)c1ccccc1C3(C)C. The maximum absolute atomic E-state index is 5.68. The number of para-hydroxylation sites is 2. The van der Waals surface area contributed by atoms with Crippen molar-refractivity contribution in [2.24, 2.45) is 0 Å². The first-order valence-corrected chi connectivity index (χ1v) is 22.1. The fourth-order valence-corrected chi connectivity index (χ4v) is 12.9. The molecule has 9 aromatic rings. The van der Waals surface area contributed by atoms with Gasteiger partial charge >= 0.3 is 0 Å². The molecule has 290 valence electrons. The van der Waals surface area contributed by atoms with Gasteiger partial charge < -0.3 is 0 Å². The van der Waals surface area contributed by atoms with E-state index in [-0.39, 0.29) is 10.8 Å². The Balaban J connectivity index is 1.04. The Morgan fingerprint density at radius 1 is 0.410 bits per heavy atom. The lowest BCUT2D eigenvalue weighted by Crippen LogP contribution is -2.33. The molecule has 0 unspecified atom stereocenters. The number of hydrogen-bond acceptors (Lipinski definition) is 4. The number of hydrogen-bond donors (Lipinski definition) is 0. The van der Waals surface area contributed by atoms with Crippen LogP contribution in [-0.2, 0) is 16.2 Å². The summed E-state index contributed by atoms with van der Waals surface area (Å²) >= 11 is 1.89. The van der Waals surface area contributed by atoms with E-state index in [4.69, 9.17) is 9.97 Å². The molecule has 1 spiro atoms.